The quantitative estimate of drug-likeness (QED) is 0.723. The van der Waals surface area contributed by atoms with E-state index in [-0.39, 0.29) is 0 Å². The molecule has 0 spiro atoms. The van der Waals surface area contributed by atoms with E-state index in [0.717, 1.165) is 5.56 Å². The van der Waals surface area contributed by atoms with Gasteiger partial charge in [-0.15, -0.1) is 0 Å². The Bertz CT molecular complexity index is 271. The highest BCUT2D eigenvalue weighted by molar-refractivity contribution is 5.25. The van der Waals surface area contributed by atoms with Crippen LogP contribution in [0.25, 0.3) is 0 Å². The van der Waals surface area contributed by atoms with Crippen molar-refractivity contribution in [3.05, 3.63) is 35.4 Å². The van der Waals surface area contributed by atoms with E-state index < -0.39 is 12.4 Å². The van der Waals surface area contributed by atoms with Gasteiger partial charge in [-0.3, -0.25) is 0 Å². The molecule has 0 saturated heterocycles. The highest BCUT2D eigenvalue weighted by Crippen LogP contribution is 2.19. The van der Waals surface area contributed by atoms with Gasteiger partial charge < -0.3 is 9.84 Å². The first kappa shape index (κ1) is 10.2. The fraction of sp³-hybridized carbons (Fsp3) is 0.400. The fourth-order valence-electron chi connectivity index (χ4n) is 1.10. The zero-order valence-electron chi connectivity index (χ0n) is 7.73. The average Bonchev–Trinajstić information content (AvgIpc) is 2.17. The Morgan fingerprint density at radius 3 is 2.54 bits per heavy atom. The van der Waals surface area contributed by atoms with Crippen LogP contribution in [-0.2, 0) is 9.84 Å². The number of methoxy groups -OCH3 is 1. The van der Waals surface area contributed by atoms with Gasteiger partial charge in [0.15, 0.2) is 0 Å². The molecule has 0 aliphatic rings. The third-order valence-electron chi connectivity index (χ3n) is 1.88. The Labute approximate surface area is 77.6 Å². The average molecular weight is 181 g/mol. The summed E-state index contributed by atoms with van der Waals surface area (Å²) in [7, 11) is 1.37. The molecule has 0 saturated carbocycles. The number of ether oxygens (including phenoxy) is 1. The third kappa shape index (κ3) is 2.52. The second-order valence-electron chi connectivity index (χ2n) is 2.91. The van der Waals surface area contributed by atoms with Gasteiger partial charge in [0.2, 0.25) is 6.29 Å². The van der Waals surface area contributed by atoms with Crippen LogP contribution in [0.15, 0.2) is 24.3 Å². The summed E-state index contributed by atoms with van der Waals surface area (Å²) in [5, 5.41) is 20.4. The molecule has 0 heterocycles. The first-order valence-electron chi connectivity index (χ1n) is 4.11. The van der Waals surface area contributed by atoms with Crippen molar-refractivity contribution in [1.82, 2.24) is 0 Å². The SMILES string of the molecule is COC([O])c1cccc(C(C)O)c1. The third-order valence-corrected chi connectivity index (χ3v) is 1.88. The Kier molecular flexibility index (Phi) is 3.42. The Balaban J connectivity index is 2.91. The van der Waals surface area contributed by atoms with E-state index in [9.17, 15) is 10.2 Å². The van der Waals surface area contributed by atoms with Crippen molar-refractivity contribution in [1.29, 1.82) is 0 Å². The monoisotopic (exact) mass is 181 g/mol. The highest BCUT2D eigenvalue weighted by Gasteiger charge is 2.09. The molecule has 0 bridgehead atoms. The minimum absolute atomic E-state index is 0.543. The molecule has 0 amide bonds. The van der Waals surface area contributed by atoms with Gasteiger partial charge in [0.05, 0.1) is 6.10 Å². The Hall–Kier alpha value is -0.900. The lowest BCUT2D eigenvalue weighted by atomic mass is 10.1. The van der Waals surface area contributed by atoms with Crippen LogP contribution in [0, 0.1) is 0 Å². The predicted octanol–water partition coefficient (Wildman–Crippen LogP) is 1.82. The van der Waals surface area contributed by atoms with Crippen molar-refractivity contribution in [3.8, 4) is 0 Å². The number of benzene rings is 1. The summed E-state index contributed by atoms with van der Waals surface area (Å²) in [4.78, 5) is 0. The van der Waals surface area contributed by atoms with E-state index in [1.807, 2.05) is 0 Å². The van der Waals surface area contributed by atoms with Gasteiger partial charge in [0.25, 0.3) is 0 Å². The van der Waals surface area contributed by atoms with Gasteiger partial charge in [0, 0.05) is 12.7 Å². The molecule has 0 aliphatic carbocycles. The molecule has 0 fully saturated rings. The summed E-state index contributed by atoms with van der Waals surface area (Å²) < 4.78 is 4.63. The molecule has 1 aromatic rings. The maximum atomic E-state index is 11.2. The highest BCUT2D eigenvalue weighted by atomic mass is 16.6. The summed E-state index contributed by atoms with van der Waals surface area (Å²) >= 11 is 0. The van der Waals surface area contributed by atoms with E-state index in [4.69, 9.17) is 0 Å². The molecule has 71 valence electrons. The summed E-state index contributed by atoms with van der Waals surface area (Å²) in [6.45, 7) is 1.66. The molecular weight excluding hydrogens is 168 g/mol. The van der Waals surface area contributed by atoms with Gasteiger partial charge in [0.1, 0.15) is 0 Å². The van der Waals surface area contributed by atoms with E-state index in [1.54, 1.807) is 31.2 Å². The topological polar surface area (TPSA) is 49.4 Å². The van der Waals surface area contributed by atoms with Crippen LogP contribution >= 0.6 is 0 Å². The van der Waals surface area contributed by atoms with Crippen molar-refractivity contribution >= 4 is 0 Å². The minimum atomic E-state index is -1.17. The van der Waals surface area contributed by atoms with Crippen LogP contribution in [0.5, 0.6) is 0 Å². The van der Waals surface area contributed by atoms with E-state index in [0.29, 0.717) is 5.56 Å². The van der Waals surface area contributed by atoms with Crippen molar-refractivity contribution in [2.45, 2.75) is 19.3 Å². The molecule has 0 aliphatic heterocycles. The summed E-state index contributed by atoms with van der Waals surface area (Å²) in [6.07, 6.45) is -1.72. The number of aliphatic hydroxyl groups excluding tert-OH is 1. The van der Waals surface area contributed by atoms with Gasteiger partial charge in [-0.25, -0.2) is 0 Å². The fourth-order valence-corrected chi connectivity index (χ4v) is 1.10. The molecule has 1 radical (unpaired) electrons. The number of hydrogen-bond acceptors (Lipinski definition) is 2. The molecule has 3 heteroatoms. The first-order valence-corrected chi connectivity index (χ1v) is 4.11. The maximum absolute atomic E-state index is 11.2. The summed E-state index contributed by atoms with van der Waals surface area (Å²) in [5.41, 5.74) is 1.27. The maximum Gasteiger partial charge on any atom is 0.217 e. The number of hydrogen-bond donors (Lipinski definition) is 1. The molecule has 2 atom stereocenters. The van der Waals surface area contributed by atoms with Crippen LogP contribution in [0.1, 0.15) is 30.4 Å². The number of rotatable bonds is 3. The lowest BCUT2D eigenvalue weighted by Gasteiger charge is -2.09. The normalized spacial score (nSPS) is 15.4. The van der Waals surface area contributed by atoms with Crippen LogP contribution in [0.2, 0.25) is 0 Å². The van der Waals surface area contributed by atoms with Crippen molar-refractivity contribution in [2.75, 3.05) is 7.11 Å². The molecule has 1 aromatic carbocycles. The lowest BCUT2D eigenvalue weighted by molar-refractivity contribution is -0.123. The van der Waals surface area contributed by atoms with Gasteiger partial charge >= 0.3 is 0 Å². The minimum Gasteiger partial charge on any atom is -0.389 e. The van der Waals surface area contributed by atoms with E-state index >= 15 is 0 Å². The Morgan fingerprint density at radius 1 is 1.38 bits per heavy atom. The van der Waals surface area contributed by atoms with Crippen LogP contribution in [-0.4, -0.2) is 12.2 Å². The molecule has 3 nitrogen and oxygen atoms in total. The lowest BCUT2D eigenvalue weighted by Crippen LogP contribution is -1.99. The summed E-state index contributed by atoms with van der Waals surface area (Å²) in [5.74, 6) is 0. The number of aliphatic hydroxyl groups is 1. The second-order valence-corrected chi connectivity index (χ2v) is 2.91. The van der Waals surface area contributed by atoms with Crippen molar-refractivity contribution in [2.24, 2.45) is 0 Å². The largest absolute Gasteiger partial charge is 0.389 e. The van der Waals surface area contributed by atoms with Crippen LogP contribution in [0.3, 0.4) is 0 Å². The van der Waals surface area contributed by atoms with Gasteiger partial charge in [-0.2, -0.15) is 5.11 Å². The van der Waals surface area contributed by atoms with Crippen molar-refractivity contribution in [3.63, 3.8) is 0 Å². The molecule has 13 heavy (non-hydrogen) atoms. The van der Waals surface area contributed by atoms with Gasteiger partial charge in [-0.1, -0.05) is 18.2 Å². The van der Waals surface area contributed by atoms with E-state index in [1.165, 1.54) is 7.11 Å². The van der Waals surface area contributed by atoms with E-state index in [2.05, 4.69) is 4.74 Å². The first-order chi connectivity index (χ1) is 6.15. The molecular formula is C10H13O3. The molecule has 0 aromatic heterocycles. The zero-order chi connectivity index (χ0) is 9.84. The standard InChI is InChI=1S/C10H13O3/c1-7(11)8-4-3-5-9(6-8)10(12)13-2/h3-7,10-11H,1-2H3. The van der Waals surface area contributed by atoms with Crippen LogP contribution in [0.4, 0.5) is 0 Å². The second kappa shape index (κ2) is 4.37. The Morgan fingerprint density at radius 2 is 2.00 bits per heavy atom. The van der Waals surface area contributed by atoms with Crippen LogP contribution < -0.4 is 0 Å². The predicted molar refractivity (Wildman–Crippen MR) is 47.5 cm³/mol. The van der Waals surface area contributed by atoms with Gasteiger partial charge in [-0.05, 0) is 18.6 Å². The molecule has 1 N–H and O–H groups in total. The van der Waals surface area contributed by atoms with Crippen molar-refractivity contribution < 1.29 is 14.9 Å². The smallest absolute Gasteiger partial charge is 0.217 e. The molecule has 2 unspecified atom stereocenters. The zero-order valence-corrected chi connectivity index (χ0v) is 7.73. The summed E-state index contributed by atoms with van der Waals surface area (Å²) in [6, 6.07) is 6.86. The molecule has 1 rings (SSSR count).